The van der Waals surface area contributed by atoms with Crippen molar-refractivity contribution >= 4 is 23.5 Å². The highest BCUT2D eigenvalue weighted by Gasteiger charge is 2.28. The first-order valence-corrected chi connectivity index (χ1v) is 11.3. The lowest BCUT2D eigenvalue weighted by Gasteiger charge is -2.35. The number of hydrogen-bond donors (Lipinski definition) is 2. The highest BCUT2D eigenvalue weighted by Crippen LogP contribution is 2.33. The number of piperazine rings is 1. The van der Waals surface area contributed by atoms with E-state index in [1.807, 2.05) is 38.1 Å². The highest BCUT2D eigenvalue weighted by atomic mass is 16.6. The van der Waals surface area contributed by atoms with E-state index < -0.39 is 0 Å². The molecule has 0 spiro atoms. The van der Waals surface area contributed by atoms with E-state index in [1.165, 1.54) is 11.1 Å². The van der Waals surface area contributed by atoms with Gasteiger partial charge in [-0.25, -0.2) is 9.59 Å². The van der Waals surface area contributed by atoms with Crippen molar-refractivity contribution in [2.45, 2.75) is 26.7 Å². The van der Waals surface area contributed by atoms with Gasteiger partial charge in [0, 0.05) is 44.1 Å². The van der Waals surface area contributed by atoms with Gasteiger partial charge < -0.3 is 20.3 Å². The van der Waals surface area contributed by atoms with Crippen molar-refractivity contribution in [2.24, 2.45) is 5.92 Å². The predicted molar refractivity (Wildman–Crippen MR) is 124 cm³/mol. The molecule has 4 rings (SSSR count). The van der Waals surface area contributed by atoms with Crippen molar-refractivity contribution in [3.8, 4) is 0 Å². The zero-order chi connectivity index (χ0) is 22.5. The van der Waals surface area contributed by atoms with Crippen LogP contribution >= 0.6 is 0 Å². The average molecular weight is 438 g/mol. The number of amides is 3. The summed E-state index contributed by atoms with van der Waals surface area (Å²) in [6.07, 6.45) is 3.39. The number of aromatic nitrogens is 1. The Morgan fingerprint density at radius 3 is 2.62 bits per heavy atom. The van der Waals surface area contributed by atoms with E-state index in [0.29, 0.717) is 31.3 Å². The molecule has 1 aliphatic heterocycles. The van der Waals surface area contributed by atoms with Gasteiger partial charge in [0.05, 0.1) is 18.5 Å². The molecule has 8 heteroatoms. The van der Waals surface area contributed by atoms with E-state index in [4.69, 9.17) is 4.74 Å². The number of benzene rings is 1. The third-order valence-corrected chi connectivity index (χ3v) is 6.11. The summed E-state index contributed by atoms with van der Waals surface area (Å²) in [6, 6.07) is 9.57. The summed E-state index contributed by atoms with van der Waals surface area (Å²) in [4.78, 5) is 32.8. The topological polar surface area (TPSA) is 86.8 Å². The molecule has 2 aromatic rings. The Morgan fingerprint density at radius 1 is 1.09 bits per heavy atom. The normalized spacial score (nSPS) is 18.2. The van der Waals surface area contributed by atoms with Crippen molar-refractivity contribution in [1.29, 1.82) is 0 Å². The Labute approximate surface area is 188 Å². The molecule has 0 saturated carbocycles. The maximum absolute atomic E-state index is 12.5. The van der Waals surface area contributed by atoms with Crippen molar-refractivity contribution < 1.29 is 14.3 Å². The smallest absolute Gasteiger partial charge is 0.409 e. The molecule has 2 N–H and O–H groups in total. The van der Waals surface area contributed by atoms with Crippen LogP contribution in [0, 0.1) is 12.8 Å². The first kappa shape index (κ1) is 22.1. The van der Waals surface area contributed by atoms with Gasteiger partial charge in [-0.2, -0.15) is 0 Å². The summed E-state index contributed by atoms with van der Waals surface area (Å²) in [5.41, 5.74) is 4.97. The maximum atomic E-state index is 12.5. The zero-order valence-corrected chi connectivity index (χ0v) is 18.8. The van der Waals surface area contributed by atoms with Gasteiger partial charge in [-0.05, 0) is 61.9 Å². The number of fused-ring (bicyclic) bond motifs is 1. The molecule has 3 amide bonds. The summed E-state index contributed by atoms with van der Waals surface area (Å²) in [5.74, 6) is 0.506. The number of carbonyl (C=O) groups is 2. The van der Waals surface area contributed by atoms with Crippen LogP contribution in [0.3, 0.4) is 0 Å². The lowest BCUT2D eigenvalue weighted by atomic mass is 10.1. The third kappa shape index (κ3) is 5.37. The van der Waals surface area contributed by atoms with Gasteiger partial charge in [-0.1, -0.05) is 12.1 Å². The van der Waals surface area contributed by atoms with Crippen molar-refractivity contribution in [3.63, 3.8) is 0 Å². The van der Waals surface area contributed by atoms with Crippen LogP contribution in [0.2, 0.25) is 0 Å². The molecule has 0 bridgehead atoms. The molecule has 170 valence electrons. The second-order valence-corrected chi connectivity index (χ2v) is 8.47. The number of hydrogen-bond acceptors (Lipinski definition) is 5. The summed E-state index contributed by atoms with van der Waals surface area (Å²) in [6.45, 7) is 8.29. The lowest BCUT2D eigenvalue weighted by molar-refractivity contribution is 0.0756. The number of nitrogens with one attached hydrogen (secondary N) is 2. The Morgan fingerprint density at radius 2 is 1.91 bits per heavy atom. The van der Waals surface area contributed by atoms with E-state index in [2.05, 4.69) is 26.6 Å². The molecule has 1 saturated heterocycles. The fraction of sp³-hybridized carbons (Fsp3) is 0.458. The van der Waals surface area contributed by atoms with E-state index in [9.17, 15) is 9.59 Å². The minimum Gasteiger partial charge on any atom is -0.450 e. The number of nitrogens with zero attached hydrogens (tertiary/aromatic N) is 3. The first-order valence-electron chi connectivity index (χ1n) is 11.3. The Hall–Kier alpha value is -3.13. The van der Waals surface area contributed by atoms with Crippen LogP contribution in [0.1, 0.15) is 23.7 Å². The van der Waals surface area contributed by atoms with Gasteiger partial charge in [0.25, 0.3) is 0 Å². The predicted octanol–water partition coefficient (Wildman–Crippen LogP) is 3.52. The largest absolute Gasteiger partial charge is 0.450 e. The second-order valence-electron chi connectivity index (χ2n) is 8.47. The fourth-order valence-electron chi connectivity index (χ4n) is 4.50. The fourth-order valence-corrected chi connectivity index (χ4v) is 4.50. The molecular formula is C24H31N5O3. The van der Waals surface area contributed by atoms with Crippen LogP contribution < -0.4 is 10.6 Å². The Bertz CT molecular complexity index is 955. The van der Waals surface area contributed by atoms with Gasteiger partial charge in [-0.3, -0.25) is 9.88 Å². The van der Waals surface area contributed by atoms with Crippen LogP contribution in [-0.4, -0.2) is 66.2 Å². The molecule has 2 heterocycles. The van der Waals surface area contributed by atoms with Gasteiger partial charge in [0.2, 0.25) is 0 Å². The van der Waals surface area contributed by atoms with Crippen LogP contribution in [0.15, 0.2) is 36.5 Å². The van der Waals surface area contributed by atoms with E-state index >= 15 is 0 Å². The number of pyridine rings is 1. The Balaban J connectivity index is 1.30. The van der Waals surface area contributed by atoms with Gasteiger partial charge in [0.1, 0.15) is 0 Å². The average Bonchev–Trinajstić information content (AvgIpc) is 3.19. The monoisotopic (exact) mass is 437 g/mol. The molecule has 2 aliphatic rings. The molecule has 1 aliphatic carbocycles. The van der Waals surface area contributed by atoms with Gasteiger partial charge in [0.15, 0.2) is 0 Å². The molecule has 1 aromatic carbocycles. The van der Waals surface area contributed by atoms with Gasteiger partial charge in [-0.15, -0.1) is 0 Å². The summed E-state index contributed by atoms with van der Waals surface area (Å²) >= 11 is 0. The van der Waals surface area contributed by atoms with Crippen molar-refractivity contribution in [1.82, 2.24) is 14.8 Å². The standard InChI is InChI=1S/C24H31N5O3/c1-3-32-24(31)29-11-9-28(10-12-29)16-18-13-19-5-4-6-22(21(19)14-18)27-23(30)26-20-8-7-17(2)25-15-20/h4-8,15,18H,3,9-14,16H2,1-2H3,(H2,26,27,30). The minimum atomic E-state index is -0.261. The van der Waals surface area contributed by atoms with E-state index in [-0.39, 0.29) is 12.1 Å². The van der Waals surface area contributed by atoms with E-state index in [1.54, 1.807) is 11.1 Å². The van der Waals surface area contributed by atoms with Crippen molar-refractivity contribution in [3.05, 3.63) is 53.3 Å². The molecule has 1 atom stereocenters. The molecule has 0 radical (unpaired) electrons. The SMILES string of the molecule is CCOC(=O)N1CCN(CC2Cc3cccc(NC(=O)Nc4ccc(C)nc4)c3C2)CC1. The molecule has 1 fully saturated rings. The number of anilines is 2. The Kier molecular flexibility index (Phi) is 6.90. The number of aryl methyl sites for hydroxylation is 1. The summed E-state index contributed by atoms with van der Waals surface area (Å²) in [5, 5.41) is 5.86. The first-order chi connectivity index (χ1) is 15.5. The number of ether oxygens (including phenoxy) is 1. The van der Waals surface area contributed by atoms with E-state index in [0.717, 1.165) is 43.9 Å². The third-order valence-electron chi connectivity index (χ3n) is 6.11. The maximum Gasteiger partial charge on any atom is 0.409 e. The number of rotatable bonds is 5. The molecule has 1 aromatic heterocycles. The van der Waals surface area contributed by atoms with Crippen molar-refractivity contribution in [2.75, 3.05) is 50.0 Å². The highest BCUT2D eigenvalue weighted by molar-refractivity contribution is 6.00. The summed E-state index contributed by atoms with van der Waals surface area (Å²) < 4.78 is 5.11. The van der Waals surface area contributed by atoms with Crippen LogP contribution in [0.4, 0.5) is 21.0 Å². The lowest BCUT2D eigenvalue weighted by Crippen LogP contribution is -2.50. The molecule has 32 heavy (non-hydrogen) atoms. The molecule has 1 unspecified atom stereocenters. The molecule has 8 nitrogen and oxygen atoms in total. The van der Waals surface area contributed by atoms with Gasteiger partial charge >= 0.3 is 12.1 Å². The second kappa shape index (κ2) is 9.99. The molecular weight excluding hydrogens is 406 g/mol. The van der Waals surface area contributed by atoms with Crippen LogP contribution in [0.25, 0.3) is 0 Å². The number of carbonyl (C=O) groups excluding carboxylic acids is 2. The zero-order valence-electron chi connectivity index (χ0n) is 18.8. The van der Waals surface area contributed by atoms with Crippen LogP contribution in [-0.2, 0) is 17.6 Å². The minimum absolute atomic E-state index is 0.212. The number of urea groups is 1. The quantitative estimate of drug-likeness (QED) is 0.747. The van der Waals surface area contributed by atoms with Crippen LogP contribution in [0.5, 0.6) is 0 Å². The summed E-state index contributed by atoms with van der Waals surface area (Å²) in [7, 11) is 0.